The first-order valence-corrected chi connectivity index (χ1v) is 6.76. The van der Waals surface area contributed by atoms with E-state index < -0.39 is 11.8 Å². The lowest BCUT2D eigenvalue weighted by Gasteiger charge is -2.10. The number of hydrogen-bond acceptors (Lipinski definition) is 4. The summed E-state index contributed by atoms with van der Waals surface area (Å²) in [6.45, 7) is 0.354. The number of halogens is 2. The van der Waals surface area contributed by atoms with Crippen LogP contribution < -0.4 is 10.1 Å². The minimum absolute atomic E-state index is 0.0761. The van der Waals surface area contributed by atoms with Crippen molar-refractivity contribution in [3.63, 3.8) is 0 Å². The van der Waals surface area contributed by atoms with Crippen LogP contribution in [0.5, 0.6) is 5.88 Å². The van der Waals surface area contributed by atoms with E-state index in [4.69, 9.17) is 9.84 Å². The maximum Gasteiger partial charge on any atom is 0.336 e. The molecule has 2 rings (SSSR count). The van der Waals surface area contributed by atoms with Crippen LogP contribution in [0.3, 0.4) is 0 Å². The van der Waals surface area contributed by atoms with Crippen molar-refractivity contribution in [2.75, 3.05) is 12.4 Å². The van der Waals surface area contributed by atoms with E-state index in [0.717, 1.165) is 5.56 Å². The van der Waals surface area contributed by atoms with Crippen molar-refractivity contribution in [1.29, 1.82) is 0 Å². The third-order valence-electron chi connectivity index (χ3n) is 2.80. The van der Waals surface area contributed by atoms with Gasteiger partial charge in [0.15, 0.2) is 5.82 Å². The van der Waals surface area contributed by atoms with Gasteiger partial charge in [-0.1, -0.05) is 6.07 Å². The monoisotopic (exact) mass is 354 g/mol. The zero-order valence-corrected chi connectivity index (χ0v) is 12.6. The molecule has 5 nitrogen and oxygen atoms in total. The number of nitrogens with zero attached hydrogens (tertiary/aromatic N) is 1. The Morgan fingerprint density at radius 1 is 1.43 bits per heavy atom. The van der Waals surface area contributed by atoms with Gasteiger partial charge in [0.2, 0.25) is 5.88 Å². The van der Waals surface area contributed by atoms with Crippen LogP contribution in [0.2, 0.25) is 0 Å². The lowest BCUT2D eigenvalue weighted by atomic mass is 10.2. The summed E-state index contributed by atoms with van der Waals surface area (Å²) < 4.78 is 18.9. The fraction of sp³-hybridized carbons (Fsp3) is 0.143. The van der Waals surface area contributed by atoms with Crippen LogP contribution in [0.4, 0.5) is 10.1 Å². The van der Waals surface area contributed by atoms with Gasteiger partial charge in [-0.25, -0.2) is 14.2 Å². The lowest BCUT2D eigenvalue weighted by Crippen LogP contribution is -2.05. The molecule has 1 aromatic heterocycles. The Morgan fingerprint density at radius 2 is 2.19 bits per heavy atom. The average Bonchev–Trinajstić information content (AvgIpc) is 2.49. The van der Waals surface area contributed by atoms with Crippen molar-refractivity contribution >= 4 is 27.6 Å². The Labute approximate surface area is 128 Å². The molecule has 0 aliphatic rings. The first-order valence-electron chi connectivity index (χ1n) is 5.97. The van der Waals surface area contributed by atoms with E-state index in [1.807, 2.05) is 0 Å². The number of aromatic nitrogens is 1. The van der Waals surface area contributed by atoms with Crippen LogP contribution >= 0.6 is 15.9 Å². The van der Waals surface area contributed by atoms with Crippen LogP contribution in [0.15, 0.2) is 34.9 Å². The van der Waals surface area contributed by atoms with E-state index in [-0.39, 0.29) is 15.7 Å². The van der Waals surface area contributed by atoms with Gasteiger partial charge in [0.05, 0.1) is 22.8 Å². The van der Waals surface area contributed by atoms with E-state index in [1.165, 1.54) is 19.2 Å². The molecule has 2 N–H and O–H groups in total. The van der Waals surface area contributed by atoms with E-state index in [0.29, 0.717) is 12.4 Å². The first kappa shape index (κ1) is 15.2. The number of hydrogen-bond donors (Lipinski definition) is 2. The number of methoxy groups -OCH3 is 1. The maximum atomic E-state index is 14.0. The van der Waals surface area contributed by atoms with Gasteiger partial charge < -0.3 is 15.2 Å². The van der Waals surface area contributed by atoms with Crippen LogP contribution in [0.1, 0.15) is 15.9 Å². The standard InChI is InChI=1S/C14H12BrFN2O3/c1-21-11-5-2-8(7-18-11)6-17-10-4-3-9(14(19)20)12(15)13(10)16/h2-5,7,17H,6H2,1H3,(H,19,20). The molecule has 1 heterocycles. The van der Waals surface area contributed by atoms with Crippen molar-refractivity contribution in [1.82, 2.24) is 4.98 Å². The molecule has 0 aliphatic heterocycles. The van der Waals surface area contributed by atoms with E-state index in [2.05, 4.69) is 26.2 Å². The number of carbonyl (C=O) groups is 1. The Morgan fingerprint density at radius 3 is 2.76 bits per heavy atom. The van der Waals surface area contributed by atoms with E-state index in [1.54, 1.807) is 18.3 Å². The third kappa shape index (κ3) is 3.49. The second-order valence-corrected chi connectivity index (χ2v) is 4.95. The highest BCUT2D eigenvalue weighted by Gasteiger charge is 2.15. The fourth-order valence-electron chi connectivity index (χ4n) is 1.68. The SMILES string of the molecule is COc1ccc(CNc2ccc(C(=O)O)c(Br)c2F)cn1. The molecule has 0 atom stereocenters. The zero-order chi connectivity index (χ0) is 15.4. The molecule has 110 valence electrons. The summed E-state index contributed by atoms with van der Waals surface area (Å²) in [6.07, 6.45) is 1.62. The van der Waals surface area contributed by atoms with Crippen molar-refractivity contribution in [2.45, 2.75) is 6.54 Å². The second-order valence-electron chi connectivity index (χ2n) is 4.16. The van der Waals surface area contributed by atoms with Gasteiger partial charge in [0.1, 0.15) is 0 Å². The molecular weight excluding hydrogens is 343 g/mol. The minimum atomic E-state index is -1.19. The molecule has 0 saturated carbocycles. The smallest absolute Gasteiger partial charge is 0.336 e. The van der Waals surface area contributed by atoms with Gasteiger partial charge in [0, 0.05) is 18.8 Å². The maximum absolute atomic E-state index is 14.0. The highest BCUT2D eigenvalue weighted by molar-refractivity contribution is 9.10. The summed E-state index contributed by atoms with van der Waals surface area (Å²) in [7, 11) is 1.52. The summed E-state index contributed by atoms with van der Waals surface area (Å²) in [4.78, 5) is 14.9. The number of benzene rings is 1. The number of carboxylic acid groups (broad SMARTS) is 1. The zero-order valence-electron chi connectivity index (χ0n) is 11.1. The third-order valence-corrected chi connectivity index (χ3v) is 3.58. The van der Waals surface area contributed by atoms with Gasteiger partial charge in [-0.3, -0.25) is 0 Å². The molecule has 0 unspecified atom stereocenters. The molecule has 1 aromatic carbocycles. The molecule has 0 fully saturated rings. The van der Waals surface area contributed by atoms with Crippen LogP contribution in [-0.2, 0) is 6.54 Å². The van der Waals surface area contributed by atoms with Gasteiger partial charge in [-0.05, 0) is 33.6 Å². The second kappa shape index (κ2) is 6.53. The topological polar surface area (TPSA) is 71.5 Å². The van der Waals surface area contributed by atoms with Crippen molar-refractivity contribution in [3.05, 3.63) is 51.9 Å². The normalized spacial score (nSPS) is 10.2. The predicted octanol–water partition coefficient (Wildman–Crippen LogP) is 3.30. The summed E-state index contributed by atoms with van der Waals surface area (Å²) in [5.41, 5.74) is 0.931. The van der Waals surface area contributed by atoms with Crippen molar-refractivity contribution in [3.8, 4) is 5.88 Å². The van der Waals surface area contributed by atoms with Crippen molar-refractivity contribution < 1.29 is 19.0 Å². The summed E-state index contributed by atoms with van der Waals surface area (Å²) in [6, 6.07) is 6.23. The quantitative estimate of drug-likeness (QED) is 0.861. The Bertz CT molecular complexity index is 662. The molecule has 7 heteroatoms. The molecule has 21 heavy (non-hydrogen) atoms. The summed E-state index contributed by atoms with van der Waals surface area (Å²) >= 11 is 2.95. The number of nitrogens with one attached hydrogen (secondary N) is 1. The van der Waals surface area contributed by atoms with Crippen LogP contribution in [0.25, 0.3) is 0 Å². The van der Waals surface area contributed by atoms with Gasteiger partial charge in [-0.2, -0.15) is 0 Å². The lowest BCUT2D eigenvalue weighted by molar-refractivity contribution is 0.0695. The Hall–Kier alpha value is -2.15. The molecule has 0 radical (unpaired) electrons. The molecule has 2 aromatic rings. The largest absolute Gasteiger partial charge is 0.481 e. The molecule has 0 amide bonds. The number of aromatic carboxylic acids is 1. The highest BCUT2D eigenvalue weighted by Crippen LogP contribution is 2.27. The number of ether oxygens (including phenoxy) is 1. The molecule has 0 bridgehead atoms. The molecular formula is C14H12BrFN2O3. The summed E-state index contributed by atoms with van der Waals surface area (Å²) in [5.74, 6) is -1.33. The number of carboxylic acids is 1. The van der Waals surface area contributed by atoms with Crippen LogP contribution in [0, 0.1) is 5.82 Å². The predicted molar refractivity (Wildman–Crippen MR) is 79.2 cm³/mol. The average molecular weight is 355 g/mol. The van der Waals surface area contributed by atoms with E-state index >= 15 is 0 Å². The Balaban J connectivity index is 2.12. The minimum Gasteiger partial charge on any atom is -0.481 e. The molecule has 0 saturated heterocycles. The molecule has 0 spiro atoms. The first-order chi connectivity index (χ1) is 10.0. The number of pyridine rings is 1. The van der Waals surface area contributed by atoms with Gasteiger partial charge in [-0.15, -0.1) is 0 Å². The van der Waals surface area contributed by atoms with Gasteiger partial charge >= 0.3 is 5.97 Å². The van der Waals surface area contributed by atoms with Gasteiger partial charge in [0.25, 0.3) is 0 Å². The van der Waals surface area contributed by atoms with Crippen molar-refractivity contribution in [2.24, 2.45) is 0 Å². The number of anilines is 1. The fourth-order valence-corrected chi connectivity index (χ4v) is 2.20. The van der Waals surface area contributed by atoms with E-state index in [9.17, 15) is 9.18 Å². The molecule has 0 aliphatic carbocycles. The Kier molecular flexibility index (Phi) is 4.74. The summed E-state index contributed by atoms with van der Waals surface area (Å²) in [5, 5.41) is 11.8. The van der Waals surface area contributed by atoms with Crippen LogP contribution in [-0.4, -0.2) is 23.2 Å². The highest BCUT2D eigenvalue weighted by atomic mass is 79.9. The number of rotatable bonds is 5.